The topological polar surface area (TPSA) is 29.4 Å². The highest BCUT2D eigenvalue weighted by molar-refractivity contribution is 5.99. The SMILES string of the molecule is O=C1C(C=Nc2c(F)c(F)c(F)c(F)c2F)CCCC12CCCC2. The van der Waals surface area contributed by atoms with Crippen LogP contribution in [-0.2, 0) is 4.79 Å². The fraction of sp³-hybridized carbons (Fsp3) is 0.529. The number of hydrogen-bond acceptors (Lipinski definition) is 2. The molecular weight excluding hydrogens is 329 g/mol. The third kappa shape index (κ3) is 2.63. The van der Waals surface area contributed by atoms with Crippen molar-refractivity contribution in [1.82, 2.24) is 0 Å². The summed E-state index contributed by atoms with van der Waals surface area (Å²) in [4.78, 5) is 16.1. The number of halogens is 5. The van der Waals surface area contributed by atoms with Crippen molar-refractivity contribution >= 4 is 17.7 Å². The van der Waals surface area contributed by atoms with Gasteiger partial charge in [-0.3, -0.25) is 9.79 Å². The van der Waals surface area contributed by atoms with Gasteiger partial charge in [0.05, 0.1) is 5.92 Å². The van der Waals surface area contributed by atoms with Crippen molar-refractivity contribution in [2.75, 3.05) is 0 Å². The number of nitrogens with zero attached hydrogens (tertiary/aromatic N) is 1. The maximum absolute atomic E-state index is 13.6. The van der Waals surface area contributed by atoms with Gasteiger partial charge in [0.2, 0.25) is 5.82 Å². The van der Waals surface area contributed by atoms with E-state index in [9.17, 15) is 26.7 Å². The minimum absolute atomic E-state index is 0.0288. The molecule has 0 aromatic heterocycles. The Labute approximate surface area is 135 Å². The summed E-state index contributed by atoms with van der Waals surface area (Å²) < 4.78 is 66.6. The Hall–Kier alpha value is -1.79. The first kappa shape index (κ1) is 17.0. The van der Waals surface area contributed by atoms with E-state index in [2.05, 4.69) is 4.99 Å². The molecule has 0 amide bonds. The second-order valence-electron chi connectivity index (χ2n) is 6.55. The summed E-state index contributed by atoms with van der Waals surface area (Å²) in [6, 6.07) is 0. The van der Waals surface area contributed by atoms with Crippen molar-refractivity contribution in [2.24, 2.45) is 16.3 Å². The highest BCUT2D eigenvalue weighted by atomic mass is 19.2. The monoisotopic (exact) mass is 345 g/mol. The molecule has 0 heterocycles. The third-order valence-electron chi connectivity index (χ3n) is 5.16. The predicted octanol–water partition coefficient (Wildman–Crippen LogP) is 5.01. The summed E-state index contributed by atoms with van der Waals surface area (Å²) in [5, 5.41) is 0. The van der Waals surface area contributed by atoms with Gasteiger partial charge >= 0.3 is 0 Å². The number of carbonyl (C=O) groups excluding carboxylic acids is 1. The highest BCUT2D eigenvalue weighted by Gasteiger charge is 2.45. The lowest BCUT2D eigenvalue weighted by Crippen LogP contribution is -2.38. The molecule has 2 nitrogen and oxygen atoms in total. The van der Waals surface area contributed by atoms with E-state index in [-0.39, 0.29) is 5.78 Å². The number of rotatable bonds is 2. The van der Waals surface area contributed by atoms with E-state index in [4.69, 9.17) is 0 Å². The zero-order valence-electron chi connectivity index (χ0n) is 12.8. The molecule has 0 saturated heterocycles. The molecule has 24 heavy (non-hydrogen) atoms. The summed E-state index contributed by atoms with van der Waals surface area (Å²) >= 11 is 0. The Morgan fingerprint density at radius 1 is 0.833 bits per heavy atom. The smallest absolute Gasteiger partial charge is 0.200 e. The lowest BCUT2D eigenvalue weighted by molar-refractivity contribution is -0.133. The van der Waals surface area contributed by atoms with Gasteiger partial charge in [-0.25, -0.2) is 22.0 Å². The highest BCUT2D eigenvalue weighted by Crippen LogP contribution is 2.48. The van der Waals surface area contributed by atoms with Crippen LogP contribution in [0, 0.1) is 40.4 Å². The Balaban J connectivity index is 1.90. The summed E-state index contributed by atoms with van der Waals surface area (Å²) in [7, 11) is 0. The molecule has 0 aliphatic heterocycles. The van der Waals surface area contributed by atoms with Gasteiger partial charge in [-0.2, -0.15) is 0 Å². The maximum atomic E-state index is 13.6. The Kier molecular flexibility index (Phi) is 4.44. The number of hydrogen-bond donors (Lipinski definition) is 0. The van der Waals surface area contributed by atoms with Gasteiger partial charge in [0.15, 0.2) is 23.3 Å². The Morgan fingerprint density at radius 3 is 1.92 bits per heavy atom. The van der Waals surface area contributed by atoms with Gasteiger partial charge in [-0.15, -0.1) is 0 Å². The number of aliphatic imine (C=N–C) groups is 1. The van der Waals surface area contributed by atoms with Crippen molar-refractivity contribution in [3.05, 3.63) is 29.1 Å². The first-order chi connectivity index (χ1) is 11.4. The molecule has 2 aliphatic rings. The lowest BCUT2D eigenvalue weighted by Gasteiger charge is -2.35. The van der Waals surface area contributed by atoms with Gasteiger partial charge in [0, 0.05) is 11.6 Å². The fourth-order valence-electron chi connectivity index (χ4n) is 3.87. The summed E-state index contributed by atoms with van der Waals surface area (Å²) in [5.74, 6) is -10.9. The van der Waals surface area contributed by atoms with E-state index >= 15 is 0 Å². The van der Waals surface area contributed by atoms with Crippen LogP contribution in [0.25, 0.3) is 0 Å². The second kappa shape index (κ2) is 6.26. The molecule has 1 unspecified atom stereocenters. The lowest BCUT2D eigenvalue weighted by atomic mass is 9.68. The molecule has 0 bridgehead atoms. The minimum atomic E-state index is -2.22. The van der Waals surface area contributed by atoms with E-state index in [1.54, 1.807) is 0 Å². The molecule has 1 spiro atoms. The predicted molar refractivity (Wildman–Crippen MR) is 77.6 cm³/mol. The number of benzene rings is 1. The van der Waals surface area contributed by atoms with Crippen molar-refractivity contribution in [3.63, 3.8) is 0 Å². The average molecular weight is 345 g/mol. The Morgan fingerprint density at radius 2 is 1.33 bits per heavy atom. The van der Waals surface area contributed by atoms with Crippen LogP contribution < -0.4 is 0 Å². The van der Waals surface area contributed by atoms with Crippen LogP contribution in [0.2, 0.25) is 0 Å². The standard InChI is InChI=1S/C17H16F5NO/c18-10-11(19)13(21)15(14(22)12(10)20)23-8-9-4-3-7-17(16(9)24)5-1-2-6-17/h8-9H,1-7H2. The zero-order chi connectivity index (χ0) is 17.5. The van der Waals surface area contributed by atoms with Crippen LogP contribution in [0.4, 0.5) is 27.6 Å². The van der Waals surface area contributed by atoms with Crippen LogP contribution >= 0.6 is 0 Å². The molecular formula is C17H16F5NO. The van der Waals surface area contributed by atoms with Crippen molar-refractivity contribution < 1.29 is 26.7 Å². The van der Waals surface area contributed by atoms with Gasteiger partial charge < -0.3 is 0 Å². The molecule has 1 atom stereocenters. The van der Waals surface area contributed by atoms with Gasteiger partial charge in [-0.1, -0.05) is 19.3 Å². The molecule has 0 radical (unpaired) electrons. The normalized spacial score (nSPS) is 23.5. The molecule has 1 aromatic carbocycles. The molecule has 130 valence electrons. The fourth-order valence-corrected chi connectivity index (χ4v) is 3.87. The quantitative estimate of drug-likeness (QED) is 0.320. The molecule has 2 saturated carbocycles. The van der Waals surface area contributed by atoms with E-state index in [1.165, 1.54) is 0 Å². The summed E-state index contributed by atoms with van der Waals surface area (Å²) in [6.45, 7) is 0. The number of Topliss-reactive ketones (excluding diaryl/α,β-unsaturated/α-hetero) is 1. The molecule has 2 aliphatic carbocycles. The first-order valence-electron chi connectivity index (χ1n) is 7.97. The second-order valence-corrected chi connectivity index (χ2v) is 6.55. The van der Waals surface area contributed by atoms with Crippen LogP contribution in [0.15, 0.2) is 4.99 Å². The average Bonchev–Trinajstić information content (AvgIpc) is 3.04. The van der Waals surface area contributed by atoms with Crippen LogP contribution in [0.1, 0.15) is 44.9 Å². The number of carbonyl (C=O) groups is 1. The molecule has 2 fully saturated rings. The van der Waals surface area contributed by atoms with E-state index in [0.29, 0.717) is 6.42 Å². The van der Waals surface area contributed by atoms with Crippen molar-refractivity contribution in [2.45, 2.75) is 44.9 Å². The van der Waals surface area contributed by atoms with E-state index < -0.39 is 46.1 Å². The van der Waals surface area contributed by atoms with Gasteiger partial charge in [-0.05, 0) is 25.7 Å². The largest absolute Gasteiger partial charge is 0.298 e. The molecule has 0 N–H and O–H groups in total. The summed E-state index contributed by atoms with van der Waals surface area (Å²) in [5.41, 5.74) is -1.64. The zero-order valence-corrected chi connectivity index (χ0v) is 12.8. The van der Waals surface area contributed by atoms with Crippen LogP contribution in [0.3, 0.4) is 0 Å². The summed E-state index contributed by atoms with van der Waals surface area (Å²) in [6.07, 6.45) is 6.59. The van der Waals surface area contributed by atoms with E-state index in [0.717, 1.165) is 44.7 Å². The van der Waals surface area contributed by atoms with E-state index in [1.807, 2.05) is 0 Å². The molecule has 1 aromatic rings. The van der Waals surface area contributed by atoms with Crippen molar-refractivity contribution in [3.8, 4) is 0 Å². The third-order valence-corrected chi connectivity index (χ3v) is 5.16. The molecule has 3 rings (SSSR count). The number of ketones is 1. The maximum Gasteiger partial charge on any atom is 0.200 e. The van der Waals surface area contributed by atoms with Crippen LogP contribution in [0.5, 0.6) is 0 Å². The van der Waals surface area contributed by atoms with Crippen molar-refractivity contribution in [1.29, 1.82) is 0 Å². The van der Waals surface area contributed by atoms with Gasteiger partial charge in [0.1, 0.15) is 11.5 Å². The van der Waals surface area contributed by atoms with Crippen LogP contribution in [-0.4, -0.2) is 12.0 Å². The minimum Gasteiger partial charge on any atom is -0.298 e. The Bertz CT molecular complexity index is 680. The molecule has 7 heteroatoms. The van der Waals surface area contributed by atoms with Gasteiger partial charge in [0.25, 0.3) is 0 Å². The first-order valence-corrected chi connectivity index (χ1v) is 7.97.